The zero-order chi connectivity index (χ0) is 23.5. The van der Waals surface area contributed by atoms with Gasteiger partial charge in [-0.1, -0.05) is 25.5 Å². The molecule has 174 valence electrons. The van der Waals surface area contributed by atoms with Gasteiger partial charge in [0.05, 0.1) is 5.52 Å². The van der Waals surface area contributed by atoms with Crippen molar-refractivity contribution in [2.24, 2.45) is 5.92 Å². The first-order valence-corrected chi connectivity index (χ1v) is 11.9. The van der Waals surface area contributed by atoms with E-state index in [1.54, 1.807) is 17.0 Å². The van der Waals surface area contributed by atoms with Crippen LogP contribution < -0.4 is 5.32 Å². The van der Waals surface area contributed by atoms with E-state index in [-0.39, 0.29) is 23.5 Å². The van der Waals surface area contributed by atoms with Gasteiger partial charge in [-0.05, 0) is 51.7 Å². The summed E-state index contributed by atoms with van der Waals surface area (Å²) < 4.78 is 0. The molecular weight excluding hydrogens is 418 g/mol. The Kier molecular flexibility index (Phi) is 3.90. The van der Waals surface area contributed by atoms with Gasteiger partial charge in [0, 0.05) is 40.1 Å². The van der Waals surface area contributed by atoms with Crippen molar-refractivity contribution >= 4 is 22.7 Å². The minimum absolute atomic E-state index is 0.129. The zero-order valence-corrected chi connectivity index (χ0v) is 19.6. The number of phenols is 1. The van der Waals surface area contributed by atoms with Gasteiger partial charge < -0.3 is 25.4 Å². The molecule has 2 amide bonds. The van der Waals surface area contributed by atoms with Crippen molar-refractivity contribution in [2.75, 3.05) is 6.54 Å². The van der Waals surface area contributed by atoms with E-state index in [9.17, 15) is 19.8 Å². The standard InChI is InChI=1S/C26H31N3O4/c1-13(2)6-7-14-16(30)9-8-15-18-20(27-19(14)15)24(3,4)17-12-25-10-5-11-29(25)23(33)26(17,21(18)31)28-22(25)32/h6,8-9,17,21,27,30-31H,5,7,10-12H2,1-4H3,(H,28,32)/t17-,21+,25+,26?/m1/s1. The lowest BCUT2D eigenvalue weighted by molar-refractivity contribution is -0.191. The number of aromatic amines is 1. The fourth-order valence-corrected chi connectivity index (χ4v) is 7.27. The number of aromatic hydroxyl groups is 1. The zero-order valence-electron chi connectivity index (χ0n) is 19.6. The number of carbonyl (C=O) groups is 2. The summed E-state index contributed by atoms with van der Waals surface area (Å²) >= 11 is 0. The number of rotatable bonds is 2. The highest BCUT2D eigenvalue weighted by atomic mass is 16.3. The van der Waals surface area contributed by atoms with E-state index in [2.05, 4.69) is 30.2 Å². The van der Waals surface area contributed by atoms with Crippen LogP contribution in [-0.4, -0.2) is 49.5 Å². The highest BCUT2D eigenvalue weighted by Gasteiger charge is 2.75. The van der Waals surface area contributed by atoms with Crippen molar-refractivity contribution in [1.82, 2.24) is 15.2 Å². The Hall–Kier alpha value is -2.80. The van der Waals surface area contributed by atoms with Gasteiger partial charge in [-0.3, -0.25) is 9.59 Å². The van der Waals surface area contributed by atoms with Crippen molar-refractivity contribution < 1.29 is 19.8 Å². The van der Waals surface area contributed by atoms with Crippen molar-refractivity contribution in [2.45, 2.75) is 76.0 Å². The number of hydrogen-bond donors (Lipinski definition) is 4. The second kappa shape index (κ2) is 6.20. The number of nitrogens with zero attached hydrogens (tertiary/aromatic N) is 1. The number of amides is 2. The van der Waals surface area contributed by atoms with E-state index in [4.69, 9.17) is 0 Å². The van der Waals surface area contributed by atoms with Gasteiger partial charge in [-0.25, -0.2) is 0 Å². The molecule has 7 rings (SSSR count). The second-order valence-electron chi connectivity index (χ2n) is 11.2. The molecule has 4 aliphatic heterocycles. The van der Waals surface area contributed by atoms with Gasteiger partial charge >= 0.3 is 0 Å². The summed E-state index contributed by atoms with van der Waals surface area (Å²) in [6.45, 7) is 8.81. The number of carbonyl (C=O) groups excluding carboxylic acids is 2. The molecule has 4 N–H and O–H groups in total. The van der Waals surface area contributed by atoms with Crippen LogP contribution in [0, 0.1) is 5.92 Å². The summed E-state index contributed by atoms with van der Waals surface area (Å²) in [6.07, 6.45) is 3.48. The molecule has 5 aliphatic rings. The summed E-state index contributed by atoms with van der Waals surface area (Å²) in [5, 5.41) is 26.4. The number of piperidine rings is 2. The first kappa shape index (κ1) is 20.8. The van der Waals surface area contributed by atoms with Crippen LogP contribution in [0.2, 0.25) is 0 Å². The predicted octanol–water partition coefficient (Wildman–Crippen LogP) is 2.96. The summed E-state index contributed by atoms with van der Waals surface area (Å²) in [6, 6.07) is 3.46. The van der Waals surface area contributed by atoms with Gasteiger partial charge in [0.1, 0.15) is 17.4 Å². The molecule has 0 radical (unpaired) electrons. The number of H-pyrrole nitrogens is 1. The van der Waals surface area contributed by atoms with Gasteiger partial charge in [0.2, 0.25) is 5.91 Å². The number of aliphatic hydroxyl groups excluding tert-OH is 1. The summed E-state index contributed by atoms with van der Waals surface area (Å²) in [5.41, 5.74) is 1.59. The average molecular weight is 450 g/mol. The van der Waals surface area contributed by atoms with E-state index in [0.717, 1.165) is 34.2 Å². The van der Waals surface area contributed by atoms with Crippen LogP contribution in [0.4, 0.5) is 0 Å². The second-order valence-corrected chi connectivity index (χ2v) is 11.2. The number of aromatic nitrogens is 1. The van der Waals surface area contributed by atoms with Crippen LogP contribution in [0.15, 0.2) is 23.8 Å². The Morgan fingerprint density at radius 3 is 2.76 bits per heavy atom. The molecule has 1 aromatic carbocycles. The number of nitrogens with one attached hydrogen (secondary N) is 2. The lowest BCUT2D eigenvalue weighted by atomic mass is 9.50. The summed E-state index contributed by atoms with van der Waals surface area (Å²) in [7, 11) is 0. The molecule has 2 aromatic rings. The molecule has 7 nitrogen and oxygen atoms in total. The highest BCUT2D eigenvalue weighted by Crippen LogP contribution is 2.62. The van der Waals surface area contributed by atoms with E-state index in [1.165, 1.54) is 0 Å². The molecular formula is C26H31N3O4. The third kappa shape index (κ3) is 2.24. The van der Waals surface area contributed by atoms with Crippen LogP contribution in [0.3, 0.4) is 0 Å². The van der Waals surface area contributed by atoms with Crippen LogP contribution in [0.1, 0.15) is 69.9 Å². The van der Waals surface area contributed by atoms with E-state index in [1.807, 2.05) is 13.8 Å². The normalized spacial score (nSPS) is 33.5. The molecule has 2 bridgehead atoms. The molecule has 4 fully saturated rings. The average Bonchev–Trinajstić information content (AvgIpc) is 3.36. The number of phenolic OH excluding ortho intramolecular Hbond substituents is 1. The van der Waals surface area contributed by atoms with E-state index in [0.29, 0.717) is 31.4 Å². The Morgan fingerprint density at radius 1 is 1.27 bits per heavy atom. The van der Waals surface area contributed by atoms with E-state index < -0.39 is 22.6 Å². The smallest absolute Gasteiger partial charge is 0.252 e. The Morgan fingerprint density at radius 2 is 2.03 bits per heavy atom. The molecule has 1 aromatic heterocycles. The number of piperazine rings is 1. The van der Waals surface area contributed by atoms with Crippen LogP contribution in [-0.2, 0) is 21.4 Å². The van der Waals surface area contributed by atoms with Crippen molar-refractivity contribution in [3.8, 4) is 5.75 Å². The number of fused-ring (bicyclic) bond motifs is 4. The van der Waals surface area contributed by atoms with Gasteiger partial charge in [0.15, 0.2) is 5.54 Å². The molecule has 1 unspecified atom stereocenters. The number of aliphatic hydroxyl groups is 1. The number of benzene rings is 1. The first-order valence-electron chi connectivity index (χ1n) is 11.9. The molecule has 5 heterocycles. The molecule has 0 saturated carbocycles. The Bertz CT molecular complexity index is 1270. The third-order valence-electron chi connectivity index (χ3n) is 8.95. The first-order chi connectivity index (χ1) is 15.6. The van der Waals surface area contributed by atoms with Crippen LogP contribution in [0.25, 0.3) is 10.9 Å². The van der Waals surface area contributed by atoms with Crippen LogP contribution >= 0.6 is 0 Å². The number of hydrogen-bond acceptors (Lipinski definition) is 4. The maximum Gasteiger partial charge on any atom is 0.252 e. The largest absolute Gasteiger partial charge is 0.508 e. The van der Waals surface area contributed by atoms with Gasteiger partial charge in [-0.15, -0.1) is 0 Å². The Labute approximate surface area is 192 Å². The van der Waals surface area contributed by atoms with Crippen molar-refractivity contribution in [1.29, 1.82) is 0 Å². The van der Waals surface area contributed by atoms with Gasteiger partial charge in [-0.2, -0.15) is 0 Å². The number of allylic oxidation sites excluding steroid dienone is 2. The quantitative estimate of drug-likeness (QED) is 0.529. The van der Waals surface area contributed by atoms with Crippen molar-refractivity contribution in [3.05, 3.63) is 40.6 Å². The fraction of sp³-hybridized carbons (Fsp3) is 0.538. The Balaban J connectivity index is 1.62. The molecule has 2 spiro atoms. The third-order valence-corrected chi connectivity index (χ3v) is 8.95. The van der Waals surface area contributed by atoms with Gasteiger partial charge in [0.25, 0.3) is 5.91 Å². The highest BCUT2D eigenvalue weighted by molar-refractivity contribution is 6.06. The minimum atomic E-state index is -1.37. The molecule has 1 aliphatic carbocycles. The topological polar surface area (TPSA) is 106 Å². The monoisotopic (exact) mass is 449 g/mol. The molecule has 33 heavy (non-hydrogen) atoms. The fourth-order valence-electron chi connectivity index (χ4n) is 7.27. The molecule has 4 saturated heterocycles. The summed E-state index contributed by atoms with van der Waals surface area (Å²) in [4.78, 5) is 32.5. The molecule has 4 atom stereocenters. The summed E-state index contributed by atoms with van der Waals surface area (Å²) in [5.74, 6) is -0.322. The maximum absolute atomic E-state index is 13.9. The van der Waals surface area contributed by atoms with Crippen molar-refractivity contribution in [3.63, 3.8) is 0 Å². The predicted molar refractivity (Wildman–Crippen MR) is 124 cm³/mol. The SMILES string of the molecule is CC(C)=CCc1c(O)ccc2c3c([nH]c12)C(C)(C)[C@H]1C[C@]24CCCN2C(=O)C1(NC4=O)[C@H]3O. The maximum atomic E-state index is 13.9. The minimum Gasteiger partial charge on any atom is -0.508 e. The van der Waals surface area contributed by atoms with Crippen LogP contribution in [0.5, 0.6) is 5.75 Å². The lowest BCUT2D eigenvalue weighted by Crippen LogP contribution is -2.85. The molecule has 7 heteroatoms. The van der Waals surface area contributed by atoms with E-state index >= 15 is 0 Å². The lowest BCUT2D eigenvalue weighted by Gasteiger charge is -2.65.